The molecule has 3 aromatic rings. The number of aromatic carboxylic acids is 1. The standard InChI is InChI=1S/C22H26ClNO5.C8H9NO2/c1-14(26)17-7-6-15(23)10-18(17)19-11-21(27)24(12-20(19)28-5)16(13-25)8-9-29-22(2,3)4;1-9-7-4-2-6(3-5-7)8(10)11/h6-7,10-13,16H,8-9H2,1-5H3;2-5,9H,1H3,(H,10,11). The highest BCUT2D eigenvalue weighted by Gasteiger charge is 2.20. The van der Waals surface area contributed by atoms with Crippen LogP contribution in [0.4, 0.5) is 5.69 Å². The number of anilines is 1. The number of aromatic nitrogens is 1. The average molecular weight is 571 g/mol. The van der Waals surface area contributed by atoms with Crippen molar-refractivity contribution in [2.75, 3.05) is 26.1 Å². The largest absolute Gasteiger partial charge is 0.495 e. The van der Waals surface area contributed by atoms with Crippen LogP contribution in [0.3, 0.4) is 0 Å². The summed E-state index contributed by atoms with van der Waals surface area (Å²) in [5, 5.41) is 11.9. The summed E-state index contributed by atoms with van der Waals surface area (Å²) in [6.07, 6.45) is 2.55. The van der Waals surface area contributed by atoms with E-state index in [1.807, 2.05) is 20.8 Å². The van der Waals surface area contributed by atoms with Crippen molar-refractivity contribution in [3.63, 3.8) is 0 Å². The Kier molecular flexibility index (Phi) is 11.6. The van der Waals surface area contributed by atoms with Crippen LogP contribution in [0.25, 0.3) is 11.1 Å². The van der Waals surface area contributed by atoms with Crippen LogP contribution >= 0.6 is 11.6 Å². The Labute approximate surface area is 238 Å². The van der Waals surface area contributed by atoms with E-state index >= 15 is 0 Å². The predicted molar refractivity (Wildman–Crippen MR) is 156 cm³/mol. The zero-order valence-corrected chi connectivity index (χ0v) is 24.2. The number of carboxylic acid groups (broad SMARTS) is 1. The third-order valence-electron chi connectivity index (χ3n) is 5.80. The molecule has 9 nitrogen and oxygen atoms in total. The molecule has 0 aliphatic carbocycles. The lowest BCUT2D eigenvalue weighted by Crippen LogP contribution is -2.28. The second-order valence-corrected chi connectivity index (χ2v) is 10.3. The number of carbonyl (C=O) groups is 3. The lowest BCUT2D eigenvalue weighted by molar-refractivity contribution is -0.111. The number of methoxy groups -OCH3 is 1. The minimum Gasteiger partial charge on any atom is -0.495 e. The van der Waals surface area contributed by atoms with E-state index < -0.39 is 12.0 Å². The molecule has 1 unspecified atom stereocenters. The van der Waals surface area contributed by atoms with Gasteiger partial charge < -0.3 is 29.3 Å². The zero-order chi connectivity index (χ0) is 30.0. The summed E-state index contributed by atoms with van der Waals surface area (Å²) in [6, 6.07) is 12.1. The molecule has 2 aromatic carbocycles. The molecule has 0 fully saturated rings. The Hall–Kier alpha value is -3.95. The summed E-state index contributed by atoms with van der Waals surface area (Å²) in [7, 11) is 3.25. The van der Waals surface area contributed by atoms with Gasteiger partial charge in [-0.05, 0) is 82.1 Å². The third-order valence-corrected chi connectivity index (χ3v) is 6.03. The maximum absolute atomic E-state index is 12.8. The second-order valence-electron chi connectivity index (χ2n) is 9.83. The maximum atomic E-state index is 12.8. The van der Waals surface area contributed by atoms with Crippen molar-refractivity contribution in [1.29, 1.82) is 0 Å². The van der Waals surface area contributed by atoms with Crippen LogP contribution in [0.15, 0.2) is 59.5 Å². The number of hydrogen-bond donors (Lipinski definition) is 2. The number of halogens is 1. The van der Waals surface area contributed by atoms with Crippen LogP contribution in [-0.2, 0) is 9.53 Å². The lowest BCUT2D eigenvalue weighted by atomic mass is 9.97. The number of carboxylic acids is 1. The summed E-state index contributed by atoms with van der Waals surface area (Å²) in [5.74, 6) is -0.696. The monoisotopic (exact) mass is 570 g/mol. The summed E-state index contributed by atoms with van der Waals surface area (Å²) >= 11 is 6.11. The van der Waals surface area contributed by atoms with Crippen LogP contribution in [0.1, 0.15) is 60.9 Å². The minimum absolute atomic E-state index is 0.159. The normalized spacial score (nSPS) is 11.6. The number of pyridine rings is 1. The molecule has 0 aliphatic rings. The Morgan fingerprint density at radius 3 is 2.25 bits per heavy atom. The van der Waals surface area contributed by atoms with E-state index in [-0.39, 0.29) is 16.9 Å². The molecule has 0 saturated heterocycles. The van der Waals surface area contributed by atoms with Gasteiger partial charge in [-0.3, -0.25) is 9.59 Å². The molecule has 1 heterocycles. The molecule has 0 radical (unpaired) electrons. The molecule has 2 N–H and O–H groups in total. The molecule has 3 rings (SSSR count). The second kappa shape index (κ2) is 14.4. The molecule has 0 spiro atoms. The molecule has 0 saturated carbocycles. The number of benzene rings is 2. The Morgan fingerprint density at radius 1 is 1.10 bits per heavy atom. The highest BCUT2D eigenvalue weighted by atomic mass is 35.5. The molecular formula is C30H35ClN2O7. The lowest BCUT2D eigenvalue weighted by Gasteiger charge is -2.22. The van der Waals surface area contributed by atoms with Crippen LogP contribution < -0.4 is 15.6 Å². The quantitative estimate of drug-likeness (QED) is 0.233. The van der Waals surface area contributed by atoms with Gasteiger partial charge >= 0.3 is 5.97 Å². The number of Topliss-reactive ketones (excluding diaryl/α,β-unsaturated/α-hetero) is 1. The van der Waals surface area contributed by atoms with E-state index in [0.717, 1.165) is 5.69 Å². The number of aldehydes is 1. The number of ether oxygens (including phenoxy) is 2. The van der Waals surface area contributed by atoms with E-state index in [2.05, 4.69) is 5.32 Å². The molecule has 40 heavy (non-hydrogen) atoms. The molecule has 214 valence electrons. The van der Waals surface area contributed by atoms with Gasteiger partial charge in [0.15, 0.2) is 5.78 Å². The van der Waals surface area contributed by atoms with E-state index in [1.165, 1.54) is 30.9 Å². The molecule has 0 bridgehead atoms. The van der Waals surface area contributed by atoms with E-state index in [0.29, 0.717) is 52.3 Å². The van der Waals surface area contributed by atoms with Crippen molar-refractivity contribution in [3.05, 3.63) is 81.2 Å². The van der Waals surface area contributed by atoms with E-state index in [9.17, 15) is 19.2 Å². The van der Waals surface area contributed by atoms with Gasteiger partial charge in [0.25, 0.3) is 5.56 Å². The first-order chi connectivity index (χ1) is 18.8. The van der Waals surface area contributed by atoms with Crippen molar-refractivity contribution >= 4 is 35.3 Å². The van der Waals surface area contributed by atoms with Gasteiger partial charge in [0.1, 0.15) is 12.0 Å². The minimum atomic E-state index is -0.896. The fraction of sp³-hybridized carbons (Fsp3) is 0.333. The van der Waals surface area contributed by atoms with Gasteiger partial charge in [-0.2, -0.15) is 0 Å². The van der Waals surface area contributed by atoms with Crippen molar-refractivity contribution in [2.45, 2.75) is 45.8 Å². The summed E-state index contributed by atoms with van der Waals surface area (Å²) < 4.78 is 12.5. The van der Waals surface area contributed by atoms with Crippen LogP contribution in [0.5, 0.6) is 5.75 Å². The fourth-order valence-electron chi connectivity index (χ4n) is 3.75. The first kappa shape index (κ1) is 32.3. The van der Waals surface area contributed by atoms with Crippen LogP contribution in [-0.4, -0.2) is 54.1 Å². The van der Waals surface area contributed by atoms with E-state index in [4.69, 9.17) is 26.2 Å². The molecule has 10 heteroatoms. The summed E-state index contributed by atoms with van der Waals surface area (Å²) in [4.78, 5) is 46.8. The zero-order valence-electron chi connectivity index (χ0n) is 23.5. The fourth-order valence-corrected chi connectivity index (χ4v) is 3.92. The highest BCUT2D eigenvalue weighted by molar-refractivity contribution is 6.31. The Morgan fingerprint density at radius 2 is 1.75 bits per heavy atom. The summed E-state index contributed by atoms with van der Waals surface area (Å²) in [5.41, 5.74) is 1.87. The number of ketones is 1. The van der Waals surface area contributed by atoms with Crippen LogP contribution in [0, 0.1) is 0 Å². The summed E-state index contributed by atoms with van der Waals surface area (Å²) in [6.45, 7) is 7.53. The maximum Gasteiger partial charge on any atom is 0.335 e. The molecule has 0 amide bonds. The molecule has 1 atom stereocenters. The number of nitrogens with one attached hydrogen (secondary N) is 1. The van der Waals surface area contributed by atoms with Crippen LogP contribution in [0.2, 0.25) is 5.02 Å². The predicted octanol–water partition coefficient (Wildman–Crippen LogP) is 5.75. The first-order valence-corrected chi connectivity index (χ1v) is 12.9. The third kappa shape index (κ3) is 9.07. The highest BCUT2D eigenvalue weighted by Crippen LogP contribution is 2.34. The average Bonchev–Trinajstić information content (AvgIpc) is 2.90. The molecule has 1 aromatic heterocycles. The van der Waals surface area contributed by atoms with Crippen molar-refractivity contribution in [3.8, 4) is 16.9 Å². The number of hydrogen-bond acceptors (Lipinski definition) is 7. The topological polar surface area (TPSA) is 124 Å². The van der Waals surface area contributed by atoms with Crippen molar-refractivity contribution in [1.82, 2.24) is 4.57 Å². The SMILES string of the molecule is CNc1ccc(C(=O)O)cc1.COc1cn(C(C=O)CCOC(C)(C)C)c(=O)cc1-c1cc(Cl)ccc1C(C)=O. The van der Waals surface area contributed by atoms with E-state index in [1.54, 1.807) is 49.5 Å². The van der Waals surface area contributed by atoms with Gasteiger partial charge in [0, 0.05) is 41.6 Å². The Balaban J connectivity index is 0.000000425. The molecule has 0 aliphatic heterocycles. The van der Waals surface area contributed by atoms with Crippen molar-refractivity contribution in [2.24, 2.45) is 0 Å². The van der Waals surface area contributed by atoms with Crippen molar-refractivity contribution < 1.29 is 29.0 Å². The Bertz CT molecular complexity index is 1390. The van der Waals surface area contributed by atoms with Gasteiger partial charge in [-0.15, -0.1) is 0 Å². The smallest absolute Gasteiger partial charge is 0.335 e. The van der Waals surface area contributed by atoms with Gasteiger partial charge in [-0.1, -0.05) is 11.6 Å². The number of carbonyl (C=O) groups excluding carboxylic acids is 2. The van der Waals surface area contributed by atoms with Gasteiger partial charge in [0.05, 0.1) is 30.5 Å². The van der Waals surface area contributed by atoms with Gasteiger partial charge in [0.2, 0.25) is 0 Å². The number of rotatable bonds is 10. The number of nitrogens with zero attached hydrogens (tertiary/aromatic N) is 1. The first-order valence-electron chi connectivity index (χ1n) is 12.5. The molecular weight excluding hydrogens is 536 g/mol. The van der Waals surface area contributed by atoms with Gasteiger partial charge in [-0.25, -0.2) is 4.79 Å².